The molecule has 1 aliphatic carbocycles. The second kappa shape index (κ2) is 6.67. The third-order valence-corrected chi connectivity index (χ3v) is 2.87. The number of rotatable bonds is 5. The van der Waals surface area contributed by atoms with Crippen LogP contribution < -0.4 is 5.73 Å². The highest BCUT2D eigenvalue weighted by Crippen LogP contribution is 2.24. The van der Waals surface area contributed by atoms with E-state index >= 15 is 0 Å². The van der Waals surface area contributed by atoms with Crippen LogP contribution in [0.25, 0.3) is 0 Å². The molecular formula is C11H22N2O2. The van der Waals surface area contributed by atoms with Crippen molar-refractivity contribution in [3.8, 4) is 0 Å². The van der Waals surface area contributed by atoms with Crippen LogP contribution in [0.2, 0.25) is 0 Å². The molecule has 4 heteroatoms. The summed E-state index contributed by atoms with van der Waals surface area (Å²) in [5, 5.41) is 0. The van der Waals surface area contributed by atoms with Gasteiger partial charge in [-0.1, -0.05) is 12.8 Å². The summed E-state index contributed by atoms with van der Waals surface area (Å²) in [5.74, 6) is 0. The zero-order valence-electron chi connectivity index (χ0n) is 9.58. The lowest BCUT2D eigenvalue weighted by Crippen LogP contribution is -2.40. The number of carbonyl (C=O) groups excluding carboxylic acids is 1. The van der Waals surface area contributed by atoms with Crippen molar-refractivity contribution in [2.45, 2.75) is 45.1 Å². The number of amides is 1. The predicted molar refractivity (Wildman–Crippen MR) is 59.7 cm³/mol. The van der Waals surface area contributed by atoms with Crippen molar-refractivity contribution in [1.29, 1.82) is 0 Å². The Balaban J connectivity index is 2.46. The standard InChI is InChI=1S/C11H22N2O2/c1-2-15-11(14)13(9-5-8-12)10-6-3-4-7-10/h10H,2-9,12H2,1H3. The summed E-state index contributed by atoms with van der Waals surface area (Å²) in [6.07, 6.45) is 5.37. The van der Waals surface area contributed by atoms with Gasteiger partial charge in [0.15, 0.2) is 0 Å². The van der Waals surface area contributed by atoms with Crippen LogP contribution in [0, 0.1) is 0 Å². The maximum Gasteiger partial charge on any atom is 0.409 e. The van der Waals surface area contributed by atoms with Gasteiger partial charge in [0, 0.05) is 12.6 Å². The molecule has 0 unspecified atom stereocenters. The summed E-state index contributed by atoms with van der Waals surface area (Å²) < 4.78 is 5.06. The maximum atomic E-state index is 11.7. The van der Waals surface area contributed by atoms with Crippen molar-refractivity contribution in [3.63, 3.8) is 0 Å². The van der Waals surface area contributed by atoms with Crippen LogP contribution in [-0.2, 0) is 4.74 Å². The fourth-order valence-corrected chi connectivity index (χ4v) is 2.11. The van der Waals surface area contributed by atoms with E-state index in [-0.39, 0.29) is 6.09 Å². The van der Waals surface area contributed by atoms with Gasteiger partial charge < -0.3 is 15.4 Å². The molecule has 1 rings (SSSR count). The zero-order chi connectivity index (χ0) is 11.1. The van der Waals surface area contributed by atoms with Gasteiger partial charge in [-0.05, 0) is 32.7 Å². The average molecular weight is 214 g/mol. The normalized spacial score (nSPS) is 16.7. The Hall–Kier alpha value is -0.770. The first-order chi connectivity index (χ1) is 7.29. The quantitative estimate of drug-likeness (QED) is 0.758. The Bertz CT molecular complexity index is 191. The first-order valence-electron chi connectivity index (χ1n) is 5.93. The smallest absolute Gasteiger partial charge is 0.409 e. The molecule has 0 saturated heterocycles. The van der Waals surface area contributed by atoms with Crippen LogP contribution in [-0.4, -0.2) is 36.7 Å². The van der Waals surface area contributed by atoms with Gasteiger partial charge >= 0.3 is 6.09 Å². The Morgan fingerprint density at radius 2 is 2.13 bits per heavy atom. The van der Waals surface area contributed by atoms with Gasteiger partial charge in [-0.2, -0.15) is 0 Å². The molecule has 0 bridgehead atoms. The van der Waals surface area contributed by atoms with Gasteiger partial charge in [0.05, 0.1) is 6.61 Å². The number of hydrogen-bond donors (Lipinski definition) is 1. The molecule has 1 amide bonds. The summed E-state index contributed by atoms with van der Waals surface area (Å²) in [6.45, 7) is 3.65. The highest BCUT2D eigenvalue weighted by molar-refractivity contribution is 5.68. The lowest BCUT2D eigenvalue weighted by atomic mass is 10.2. The van der Waals surface area contributed by atoms with E-state index in [9.17, 15) is 4.79 Å². The van der Waals surface area contributed by atoms with Crippen molar-refractivity contribution in [2.75, 3.05) is 19.7 Å². The van der Waals surface area contributed by atoms with Crippen molar-refractivity contribution < 1.29 is 9.53 Å². The van der Waals surface area contributed by atoms with Crippen LogP contribution in [0.5, 0.6) is 0 Å². The number of carbonyl (C=O) groups is 1. The molecule has 0 aliphatic heterocycles. The van der Waals surface area contributed by atoms with Gasteiger partial charge in [0.2, 0.25) is 0 Å². The lowest BCUT2D eigenvalue weighted by molar-refractivity contribution is 0.0906. The van der Waals surface area contributed by atoms with E-state index in [1.807, 2.05) is 11.8 Å². The van der Waals surface area contributed by atoms with E-state index in [4.69, 9.17) is 10.5 Å². The van der Waals surface area contributed by atoms with Crippen LogP contribution in [0.4, 0.5) is 4.79 Å². The third kappa shape index (κ3) is 3.70. The summed E-state index contributed by atoms with van der Waals surface area (Å²) in [5.41, 5.74) is 5.47. The van der Waals surface area contributed by atoms with E-state index in [0.29, 0.717) is 19.2 Å². The molecule has 0 radical (unpaired) electrons. The number of nitrogens with two attached hydrogens (primary N) is 1. The SMILES string of the molecule is CCOC(=O)N(CCCN)C1CCCC1. The molecule has 1 fully saturated rings. The summed E-state index contributed by atoms with van der Waals surface area (Å²) in [4.78, 5) is 13.6. The molecule has 0 spiro atoms. The van der Waals surface area contributed by atoms with E-state index < -0.39 is 0 Å². The second-order valence-corrected chi connectivity index (χ2v) is 3.97. The minimum atomic E-state index is -0.169. The molecule has 15 heavy (non-hydrogen) atoms. The minimum Gasteiger partial charge on any atom is -0.450 e. The fourth-order valence-electron chi connectivity index (χ4n) is 2.11. The number of ether oxygens (including phenoxy) is 1. The van der Waals surface area contributed by atoms with Gasteiger partial charge in [-0.15, -0.1) is 0 Å². The van der Waals surface area contributed by atoms with Crippen LogP contribution >= 0.6 is 0 Å². The Morgan fingerprint density at radius 1 is 1.47 bits per heavy atom. The highest BCUT2D eigenvalue weighted by Gasteiger charge is 2.26. The zero-order valence-corrected chi connectivity index (χ0v) is 9.58. The second-order valence-electron chi connectivity index (χ2n) is 3.97. The molecule has 0 aromatic rings. The van der Waals surface area contributed by atoms with Crippen LogP contribution in [0.3, 0.4) is 0 Å². The largest absolute Gasteiger partial charge is 0.450 e. The third-order valence-electron chi connectivity index (χ3n) is 2.87. The summed E-state index contributed by atoms with van der Waals surface area (Å²) in [6, 6.07) is 0.385. The molecular weight excluding hydrogens is 192 g/mol. The Labute approximate surface area is 91.8 Å². The molecule has 0 aromatic carbocycles. The molecule has 88 valence electrons. The highest BCUT2D eigenvalue weighted by atomic mass is 16.6. The van der Waals surface area contributed by atoms with Gasteiger partial charge in [-0.25, -0.2) is 4.79 Å². The maximum absolute atomic E-state index is 11.7. The van der Waals surface area contributed by atoms with Crippen molar-refractivity contribution >= 4 is 6.09 Å². The van der Waals surface area contributed by atoms with Crippen molar-refractivity contribution in [1.82, 2.24) is 4.90 Å². The number of nitrogens with zero attached hydrogens (tertiary/aromatic N) is 1. The molecule has 2 N–H and O–H groups in total. The van der Waals surface area contributed by atoms with Crippen LogP contribution in [0.15, 0.2) is 0 Å². The first kappa shape index (κ1) is 12.3. The molecule has 0 heterocycles. The fraction of sp³-hybridized carbons (Fsp3) is 0.909. The van der Waals surface area contributed by atoms with Gasteiger partial charge in [0.25, 0.3) is 0 Å². The monoisotopic (exact) mass is 214 g/mol. The average Bonchev–Trinajstić information content (AvgIpc) is 2.72. The summed E-state index contributed by atoms with van der Waals surface area (Å²) >= 11 is 0. The Morgan fingerprint density at radius 3 is 2.67 bits per heavy atom. The van der Waals surface area contributed by atoms with Crippen molar-refractivity contribution in [2.24, 2.45) is 5.73 Å². The summed E-state index contributed by atoms with van der Waals surface area (Å²) in [7, 11) is 0. The van der Waals surface area contributed by atoms with Crippen LogP contribution in [0.1, 0.15) is 39.0 Å². The molecule has 4 nitrogen and oxygen atoms in total. The molecule has 1 aliphatic rings. The van der Waals surface area contributed by atoms with Gasteiger partial charge in [0.1, 0.15) is 0 Å². The van der Waals surface area contributed by atoms with E-state index in [1.54, 1.807) is 0 Å². The topological polar surface area (TPSA) is 55.6 Å². The van der Waals surface area contributed by atoms with E-state index in [2.05, 4.69) is 0 Å². The van der Waals surface area contributed by atoms with E-state index in [0.717, 1.165) is 25.8 Å². The number of hydrogen-bond acceptors (Lipinski definition) is 3. The first-order valence-corrected chi connectivity index (χ1v) is 5.93. The molecule has 0 atom stereocenters. The molecule has 0 aromatic heterocycles. The Kier molecular flexibility index (Phi) is 5.47. The minimum absolute atomic E-state index is 0.169. The van der Waals surface area contributed by atoms with Gasteiger partial charge in [-0.3, -0.25) is 0 Å². The molecule has 1 saturated carbocycles. The predicted octanol–water partition coefficient (Wildman–Crippen LogP) is 1.74. The van der Waals surface area contributed by atoms with E-state index in [1.165, 1.54) is 12.8 Å². The lowest BCUT2D eigenvalue weighted by Gasteiger charge is -2.27. The van der Waals surface area contributed by atoms with Crippen molar-refractivity contribution in [3.05, 3.63) is 0 Å².